The Morgan fingerprint density at radius 1 is 1.55 bits per heavy atom. The van der Waals surface area contributed by atoms with Gasteiger partial charge >= 0.3 is 5.37 Å². The summed E-state index contributed by atoms with van der Waals surface area (Å²) in [4.78, 5) is 12.4. The SMILES string of the molecule is CSC1CCN(C(=O)Cl)CC1. The van der Waals surface area contributed by atoms with E-state index in [0.717, 1.165) is 31.2 Å². The van der Waals surface area contributed by atoms with Crippen LogP contribution in [-0.4, -0.2) is 34.9 Å². The van der Waals surface area contributed by atoms with E-state index in [1.807, 2.05) is 11.8 Å². The maximum Gasteiger partial charge on any atom is 0.316 e. The summed E-state index contributed by atoms with van der Waals surface area (Å²) in [7, 11) is 0. The number of hydrogen-bond donors (Lipinski definition) is 0. The number of carbonyl (C=O) groups is 1. The number of hydrogen-bond acceptors (Lipinski definition) is 2. The van der Waals surface area contributed by atoms with Gasteiger partial charge in [0.05, 0.1) is 0 Å². The van der Waals surface area contributed by atoms with Gasteiger partial charge in [0.2, 0.25) is 0 Å². The van der Waals surface area contributed by atoms with Crippen molar-refractivity contribution in [1.82, 2.24) is 4.90 Å². The summed E-state index contributed by atoms with van der Waals surface area (Å²) in [6.07, 6.45) is 4.28. The fourth-order valence-electron chi connectivity index (χ4n) is 1.27. The van der Waals surface area contributed by atoms with Crippen molar-refractivity contribution in [2.45, 2.75) is 18.1 Å². The Morgan fingerprint density at radius 3 is 2.45 bits per heavy atom. The Morgan fingerprint density at radius 2 is 2.09 bits per heavy atom. The lowest BCUT2D eigenvalue weighted by Crippen LogP contribution is -2.36. The lowest BCUT2D eigenvalue weighted by atomic mass is 10.1. The molecule has 1 rings (SSSR count). The minimum Gasteiger partial charge on any atom is -0.329 e. The molecule has 0 spiro atoms. The van der Waals surface area contributed by atoms with Crippen molar-refractivity contribution in [2.75, 3.05) is 19.3 Å². The van der Waals surface area contributed by atoms with Crippen LogP contribution >= 0.6 is 23.4 Å². The molecule has 64 valence electrons. The van der Waals surface area contributed by atoms with Gasteiger partial charge in [-0.05, 0) is 30.7 Å². The molecule has 0 radical (unpaired) electrons. The smallest absolute Gasteiger partial charge is 0.316 e. The van der Waals surface area contributed by atoms with E-state index in [-0.39, 0.29) is 5.37 Å². The molecule has 0 aromatic carbocycles. The largest absolute Gasteiger partial charge is 0.329 e. The van der Waals surface area contributed by atoms with Crippen molar-refractivity contribution >= 4 is 28.7 Å². The Bertz CT molecular complexity index is 145. The summed E-state index contributed by atoms with van der Waals surface area (Å²) < 4.78 is 0. The highest BCUT2D eigenvalue weighted by Crippen LogP contribution is 2.21. The fourth-order valence-corrected chi connectivity index (χ4v) is 2.12. The van der Waals surface area contributed by atoms with E-state index in [4.69, 9.17) is 11.6 Å². The lowest BCUT2D eigenvalue weighted by Gasteiger charge is -2.29. The first-order valence-corrected chi connectivity index (χ1v) is 5.38. The molecule has 1 heterocycles. The molecule has 0 bridgehead atoms. The minimum absolute atomic E-state index is 0.301. The molecule has 1 amide bonds. The molecule has 1 saturated heterocycles. The lowest BCUT2D eigenvalue weighted by molar-refractivity contribution is 0.211. The van der Waals surface area contributed by atoms with E-state index in [9.17, 15) is 4.79 Å². The second-order valence-corrected chi connectivity index (χ2v) is 4.14. The van der Waals surface area contributed by atoms with Gasteiger partial charge in [0, 0.05) is 18.3 Å². The molecule has 0 atom stereocenters. The van der Waals surface area contributed by atoms with Gasteiger partial charge in [0.1, 0.15) is 0 Å². The first-order chi connectivity index (χ1) is 5.24. The maximum atomic E-state index is 10.7. The zero-order valence-corrected chi connectivity index (χ0v) is 8.12. The molecular formula is C7H12ClNOS. The van der Waals surface area contributed by atoms with Crippen molar-refractivity contribution in [3.05, 3.63) is 0 Å². The highest BCUT2D eigenvalue weighted by molar-refractivity contribution is 7.99. The summed E-state index contributed by atoms with van der Waals surface area (Å²) in [5.74, 6) is 0. The number of carbonyl (C=O) groups excluding carboxylic acids is 1. The molecule has 0 N–H and O–H groups in total. The third kappa shape index (κ3) is 2.56. The van der Waals surface area contributed by atoms with Gasteiger partial charge in [-0.25, -0.2) is 0 Å². The van der Waals surface area contributed by atoms with Gasteiger partial charge in [-0.1, -0.05) is 0 Å². The summed E-state index contributed by atoms with van der Waals surface area (Å²) in [5, 5.41) is 0.423. The van der Waals surface area contributed by atoms with Gasteiger partial charge in [-0.3, -0.25) is 4.79 Å². The van der Waals surface area contributed by atoms with Crippen molar-refractivity contribution in [1.29, 1.82) is 0 Å². The standard InChI is InChI=1S/C7H12ClNOS/c1-11-6-2-4-9(5-3-6)7(8)10/h6H,2-5H2,1H3. The van der Waals surface area contributed by atoms with E-state index >= 15 is 0 Å². The van der Waals surface area contributed by atoms with Gasteiger partial charge in [0.25, 0.3) is 0 Å². The molecule has 0 aromatic rings. The Kier molecular flexibility index (Phi) is 3.52. The zero-order valence-electron chi connectivity index (χ0n) is 6.55. The van der Waals surface area contributed by atoms with Crippen LogP contribution in [0, 0.1) is 0 Å². The minimum atomic E-state index is -0.301. The molecule has 4 heteroatoms. The third-order valence-electron chi connectivity index (χ3n) is 2.02. The summed E-state index contributed by atoms with van der Waals surface area (Å²) in [6.45, 7) is 1.65. The van der Waals surface area contributed by atoms with Crippen LogP contribution < -0.4 is 0 Å². The summed E-state index contributed by atoms with van der Waals surface area (Å²) in [6, 6.07) is 0. The number of thioether (sulfide) groups is 1. The second-order valence-electron chi connectivity index (χ2n) is 2.68. The zero-order chi connectivity index (χ0) is 8.27. The van der Waals surface area contributed by atoms with Crippen molar-refractivity contribution in [3.8, 4) is 0 Å². The highest BCUT2D eigenvalue weighted by Gasteiger charge is 2.20. The highest BCUT2D eigenvalue weighted by atomic mass is 35.5. The molecule has 1 aliphatic heterocycles. The molecular weight excluding hydrogens is 182 g/mol. The first-order valence-electron chi connectivity index (χ1n) is 3.71. The number of piperidine rings is 1. The van der Waals surface area contributed by atoms with E-state index in [1.165, 1.54) is 0 Å². The van der Waals surface area contributed by atoms with Crippen LogP contribution in [0.3, 0.4) is 0 Å². The predicted octanol–water partition coefficient (Wildman–Crippen LogP) is 2.17. The molecule has 0 saturated carbocycles. The second kappa shape index (κ2) is 4.21. The van der Waals surface area contributed by atoms with Crippen molar-refractivity contribution in [3.63, 3.8) is 0 Å². The van der Waals surface area contributed by atoms with Crippen molar-refractivity contribution in [2.24, 2.45) is 0 Å². The normalized spacial score (nSPS) is 20.4. The van der Waals surface area contributed by atoms with Gasteiger partial charge in [-0.2, -0.15) is 11.8 Å². The average Bonchev–Trinajstić information content (AvgIpc) is 2.05. The Labute approximate surface area is 76.3 Å². The Balaban J connectivity index is 2.30. The summed E-state index contributed by atoms with van der Waals surface area (Å²) >= 11 is 7.21. The van der Waals surface area contributed by atoms with Crippen LogP contribution in [0.5, 0.6) is 0 Å². The molecule has 1 aliphatic rings. The average molecular weight is 194 g/mol. The fraction of sp³-hybridized carbons (Fsp3) is 0.857. The topological polar surface area (TPSA) is 20.3 Å². The number of halogens is 1. The molecule has 11 heavy (non-hydrogen) atoms. The number of nitrogens with zero attached hydrogens (tertiary/aromatic N) is 1. The molecule has 0 aromatic heterocycles. The first kappa shape index (κ1) is 9.20. The van der Waals surface area contributed by atoms with E-state index < -0.39 is 0 Å². The van der Waals surface area contributed by atoms with E-state index in [2.05, 4.69) is 6.26 Å². The van der Waals surface area contributed by atoms with Crippen LogP contribution in [0.1, 0.15) is 12.8 Å². The van der Waals surface area contributed by atoms with Crippen LogP contribution in [0.4, 0.5) is 4.79 Å². The molecule has 1 fully saturated rings. The quantitative estimate of drug-likeness (QED) is 0.470. The van der Waals surface area contributed by atoms with Crippen LogP contribution in [0.2, 0.25) is 0 Å². The third-order valence-corrected chi connectivity index (χ3v) is 3.40. The number of amides is 1. The Hall–Kier alpha value is 0.110. The van der Waals surface area contributed by atoms with Crippen LogP contribution in [0.25, 0.3) is 0 Å². The predicted molar refractivity (Wildman–Crippen MR) is 49.4 cm³/mol. The van der Waals surface area contributed by atoms with Crippen LogP contribution in [-0.2, 0) is 0 Å². The van der Waals surface area contributed by atoms with E-state index in [0.29, 0.717) is 0 Å². The monoisotopic (exact) mass is 193 g/mol. The molecule has 0 unspecified atom stereocenters. The van der Waals surface area contributed by atoms with Gasteiger partial charge in [0.15, 0.2) is 0 Å². The molecule has 0 aliphatic carbocycles. The molecule has 2 nitrogen and oxygen atoms in total. The van der Waals surface area contributed by atoms with Crippen molar-refractivity contribution < 1.29 is 4.79 Å². The van der Waals surface area contributed by atoms with Crippen LogP contribution in [0.15, 0.2) is 0 Å². The maximum absolute atomic E-state index is 10.7. The number of rotatable bonds is 1. The number of likely N-dealkylation sites (tertiary alicyclic amines) is 1. The van der Waals surface area contributed by atoms with Gasteiger partial charge < -0.3 is 4.90 Å². The van der Waals surface area contributed by atoms with E-state index in [1.54, 1.807) is 4.90 Å². The van der Waals surface area contributed by atoms with Gasteiger partial charge in [-0.15, -0.1) is 0 Å². The summed E-state index contributed by atoms with van der Waals surface area (Å²) in [5.41, 5.74) is 0.